The molecule has 0 saturated carbocycles. The van der Waals surface area contributed by atoms with E-state index in [2.05, 4.69) is 21.4 Å². The van der Waals surface area contributed by atoms with Gasteiger partial charge in [0.25, 0.3) is 0 Å². The van der Waals surface area contributed by atoms with Crippen LogP contribution in [-0.2, 0) is 13.0 Å². The second-order valence-electron chi connectivity index (χ2n) is 6.24. The number of benzene rings is 1. The summed E-state index contributed by atoms with van der Waals surface area (Å²) in [5.74, 6) is 2.16. The normalized spacial score (nSPS) is 15.2. The zero-order valence-corrected chi connectivity index (χ0v) is 14.7. The van der Waals surface area contributed by atoms with Crippen molar-refractivity contribution in [2.24, 2.45) is 0 Å². The highest BCUT2D eigenvalue weighted by Gasteiger charge is 2.20. The molecule has 5 nitrogen and oxygen atoms in total. The lowest BCUT2D eigenvalue weighted by molar-refractivity contribution is 0.245. The molecule has 1 aliphatic heterocycles. The van der Waals surface area contributed by atoms with Crippen LogP contribution in [-0.4, -0.2) is 48.3 Å². The lowest BCUT2D eigenvalue weighted by atomic mass is 10.0. The number of nitrogens with zero attached hydrogens (tertiary/aromatic N) is 3. The van der Waals surface area contributed by atoms with Crippen LogP contribution in [0.4, 0.5) is 5.82 Å². The number of allylic oxidation sites excluding steroid dienone is 1. The maximum atomic E-state index is 10.6. The molecule has 0 spiro atoms. The molecule has 0 unspecified atom stereocenters. The van der Waals surface area contributed by atoms with Gasteiger partial charge in [-0.25, -0.2) is 4.98 Å². The van der Waals surface area contributed by atoms with E-state index < -0.39 is 0 Å². The zero-order valence-electron chi connectivity index (χ0n) is 14.7. The second kappa shape index (κ2) is 8.03. The summed E-state index contributed by atoms with van der Waals surface area (Å²) in [6.07, 6.45) is 4.25. The topological polar surface area (TPSA) is 48.8 Å². The maximum absolute atomic E-state index is 10.6. The molecule has 2 heterocycles. The Bertz CT molecular complexity index is 710. The molecule has 1 saturated heterocycles. The van der Waals surface area contributed by atoms with Crippen molar-refractivity contribution >= 4 is 5.82 Å². The van der Waals surface area contributed by atoms with Crippen LogP contribution in [0.5, 0.6) is 11.5 Å². The molecule has 5 heteroatoms. The highest BCUT2D eigenvalue weighted by atomic mass is 16.5. The minimum atomic E-state index is 0.354. The van der Waals surface area contributed by atoms with Gasteiger partial charge in [-0.3, -0.25) is 4.90 Å². The molecule has 0 amide bonds. The predicted molar refractivity (Wildman–Crippen MR) is 100 cm³/mol. The molecule has 1 aromatic carbocycles. The van der Waals surface area contributed by atoms with Crippen molar-refractivity contribution in [3.05, 3.63) is 60.3 Å². The molecule has 2 aromatic rings. The van der Waals surface area contributed by atoms with E-state index in [1.807, 2.05) is 36.5 Å². The van der Waals surface area contributed by atoms with Gasteiger partial charge in [-0.15, -0.1) is 6.58 Å². The van der Waals surface area contributed by atoms with Crippen LogP contribution in [0.25, 0.3) is 0 Å². The highest BCUT2D eigenvalue weighted by Crippen LogP contribution is 2.30. The van der Waals surface area contributed by atoms with Crippen LogP contribution in [0.1, 0.15) is 11.1 Å². The molecule has 1 aromatic heterocycles. The van der Waals surface area contributed by atoms with E-state index in [1.54, 1.807) is 13.2 Å². The quantitative estimate of drug-likeness (QED) is 0.820. The molecule has 0 radical (unpaired) electrons. The number of hydrogen-bond donors (Lipinski definition) is 1. The molecule has 25 heavy (non-hydrogen) atoms. The molecule has 132 valence electrons. The Morgan fingerprint density at radius 3 is 2.60 bits per heavy atom. The van der Waals surface area contributed by atoms with Gasteiger partial charge in [-0.1, -0.05) is 12.1 Å². The van der Waals surface area contributed by atoms with Crippen molar-refractivity contribution in [1.29, 1.82) is 0 Å². The SMILES string of the molecule is C=CCc1cc(OC)cc(CN2CCN(c3ccccn3)CC2)c1O. The van der Waals surface area contributed by atoms with E-state index in [9.17, 15) is 5.11 Å². The number of pyridine rings is 1. The highest BCUT2D eigenvalue weighted by molar-refractivity contribution is 5.47. The molecular formula is C20H25N3O2. The lowest BCUT2D eigenvalue weighted by Gasteiger charge is -2.35. The number of rotatable bonds is 6. The number of aromatic nitrogens is 1. The lowest BCUT2D eigenvalue weighted by Crippen LogP contribution is -2.46. The molecule has 0 aliphatic carbocycles. The second-order valence-corrected chi connectivity index (χ2v) is 6.24. The first-order valence-corrected chi connectivity index (χ1v) is 8.59. The van der Waals surface area contributed by atoms with Crippen molar-refractivity contribution in [2.75, 3.05) is 38.2 Å². The monoisotopic (exact) mass is 339 g/mol. The summed E-state index contributed by atoms with van der Waals surface area (Å²) in [4.78, 5) is 9.07. The van der Waals surface area contributed by atoms with E-state index in [-0.39, 0.29) is 0 Å². The summed E-state index contributed by atoms with van der Waals surface area (Å²) in [7, 11) is 1.65. The van der Waals surface area contributed by atoms with Gasteiger partial charge in [-0.05, 0) is 30.7 Å². The molecule has 1 aliphatic rings. The maximum Gasteiger partial charge on any atom is 0.128 e. The minimum Gasteiger partial charge on any atom is -0.507 e. The third-order valence-corrected chi connectivity index (χ3v) is 4.58. The average molecular weight is 339 g/mol. The third-order valence-electron chi connectivity index (χ3n) is 4.58. The standard InChI is InChI=1S/C20H25N3O2/c1-3-6-16-13-18(25-2)14-17(20(16)24)15-22-9-11-23(12-10-22)19-7-4-5-8-21-19/h3-5,7-8,13-14,24H,1,6,9-12,15H2,2H3. The smallest absolute Gasteiger partial charge is 0.128 e. The summed E-state index contributed by atoms with van der Waals surface area (Å²) < 4.78 is 5.38. The van der Waals surface area contributed by atoms with E-state index in [4.69, 9.17) is 4.74 Å². The first-order valence-electron chi connectivity index (χ1n) is 8.59. The summed E-state index contributed by atoms with van der Waals surface area (Å²) in [5.41, 5.74) is 1.76. The van der Waals surface area contributed by atoms with Crippen molar-refractivity contribution in [3.8, 4) is 11.5 Å². The van der Waals surface area contributed by atoms with Crippen LogP contribution in [0.2, 0.25) is 0 Å². The Kier molecular flexibility index (Phi) is 5.56. The van der Waals surface area contributed by atoms with Gasteiger partial charge in [-0.2, -0.15) is 0 Å². The molecule has 0 atom stereocenters. The van der Waals surface area contributed by atoms with E-state index in [1.165, 1.54) is 0 Å². The van der Waals surface area contributed by atoms with Gasteiger partial charge < -0.3 is 14.7 Å². The number of phenols is 1. The van der Waals surface area contributed by atoms with E-state index >= 15 is 0 Å². The van der Waals surface area contributed by atoms with E-state index in [0.717, 1.165) is 48.9 Å². The summed E-state index contributed by atoms with van der Waals surface area (Å²) in [6, 6.07) is 9.80. The number of phenolic OH excluding ortho intramolecular Hbond substituents is 1. The average Bonchev–Trinajstić information content (AvgIpc) is 2.66. The fraction of sp³-hybridized carbons (Fsp3) is 0.350. The first kappa shape index (κ1) is 17.3. The fourth-order valence-corrected chi connectivity index (χ4v) is 3.19. The van der Waals surface area contributed by atoms with Gasteiger partial charge in [0.15, 0.2) is 0 Å². The number of hydrogen-bond acceptors (Lipinski definition) is 5. The Balaban J connectivity index is 1.67. The predicted octanol–water partition coefficient (Wildman–Crippen LogP) is 2.85. The molecule has 3 rings (SSSR count). The summed E-state index contributed by atoms with van der Waals surface area (Å²) in [6.45, 7) is 8.21. The largest absolute Gasteiger partial charge is 0.507 e. The Morgan fingerprint density at radius 1 is 1.20 bits per heavy atom. The van der Waals surface area contributed by atoms with Gasteiger partial charge in [0.1, 0.15) is 17.3 Å². The molecule has 0 bridgehead atoms. The number of aromatic hydroxyl groups is 1. The third kappa shape index (κ3) is 4.12. The molecule has 1 N–H and O–H groups in total. The number of piperazine rings is 1. The number of anilines is 1. The number of ether oxygens (including phenoxy) is 1. The van der Waals surface area contributed by atoms with Gasteiger partial charge in [0.05, 0.1) is 7.11 Å². The Hall–Kier alpha value is -2.53. The summed E-state index contributed by atoms with van der Waals surface area (Å²) >= 11 is 0. The van der Waals surface area contributed by atoms with Crippen molar-refractivity contribution < 1.29 is 9.84 Å². The Labute approximate surface area is 149 Å². The van der Waals surface area contributed by atoms with Gasteiger partial charge >= 0.3 is 0 Å². The van der Waals surface area contributed by atoms with Crippen molar-refractivity contribution in [1.82, 2.24) is 9.88 Å². The van der Waals surface area contributed by atoms with Crippen molar-refractivity contribution in [3.63, 3.8) is 0 Å². The van der Waals surface area contributed by atoms with Crippen LogP contribution in [0.15, 0.2) is 49.2 Å². The van der Waals surface area contributed by atoms with Crippen LogP contribution in [0.3, 0.4) is 0 Å². The molecule has 1 fully saturated rings. The molecular weight excluding hydrogens is 314 g/mol. The number of methoxy groups -OCH3 is 1. The fourth-order valence-electron chi connectivity index (χ4n) is 3.19. The van der Waals surface area contributed by atoms with Crippen molar-refractivity contribution in [2.45, 2.75) is 13.0 Å². The van der Waals surface area contributed by atoms with Crippen LogP contribution in [0, 0.1) is 0 Å². The van der Waals surface area contributed by atoms with E-state index in [0.29, 0.717) is 18.7 Å². The van der Waals surface area contributed by atoms with Crippen LogP contribution < -0.4 is 9.64 Å². The minimum absolute atomic E-state index is 0.354. The van der Waals surface area contributed by atoms with Gasteiger partial charge in [0.2, 0.25) is 0 Å². The zero-order chi connectivity index (χ0) is 17.6. The van der Waals surface area contributed by atoms with Crippen LogP contribution >= 0.6 is 0 Å². The first-order chi connectivity index (χ1) is 12.2. The van der Waals surface area contributed by atoms with Gasteiger partial charge in [0, 0.05) is 50.0 Å². The summed E-state index contributed by atoms with van der Waals surface area (Å²) in [5, 5.41) is 10.6. The Morgan fingerprint density at radius 2 is 1.96 bits per heavy atom.